The lowest BCUT2D eigenvalue weighted by Gasteiger charge is -2.17. The molecule has 1 heterocycles. The Kier molecular flexibility index (Phi) is 6.75. The fourth-order valence-corrected chi connectivity index (χ4v) is 3.51. The molecule has 0 spiro atoms. The topological polar surface area (TPSA) is 87.0 Å². The number of hydrogen-bond acceptors (Lipinski definition) is 6. The number of ether oxygens (including phenoxy) is 3. The first kappa shape index (κ1) is 23.2. The van der Waals surface area contributed by atoms with Crippen LogP contribution in [0.4, 0.5) is 5.69 Å². The molecule has 0 aliphatic carbocycles. The summed E-state index contributed by atoms with van der Waals surface area (Å²) in [7, 11) is 3.12. The van der Waals surface area contributed by atoms with Crippen molar-refractivity contribution in [3.63, 3.8) is 0 Å². The van der Waals surface area contributed by atoms with E-state index in [0.29, 0.717) is 33.4 Å². The minimum Gasteiger partial charge on any atom is -0.497 e. The van der Waals surface area contributed by atoms with Crippen LogP contribution in [0.5, 0.6) is 17.2 Å². The molecule has 3 aromatic carbocycles. The molecule has 0 aliphatic rings. The van der Waals surface area contributed by atoms with Gasteiger partial charge in [-0.05, 0) is 73.7 Å². The van der Waals surface area contributed by atoms with Crippen molar-refractivity contribution in [2.24, 2.45) is 0 Å². The highest BCUT2D eigenvalue weighted by molar-refractivity contribution is 6.31. The summed E-state index contributed by atoms with van der Waals surface area (Å²) in [5, 5.41) is 3.40. The fraction of sp³-hybridized carbons (Fsp3) is 0.154. The zero-order valence-corrected chi connectivity index (χ0v) is 19.5. The highest BCUT2D eigenvalue weighted by atomic mass is 35.5. The van der Waals surface area contributed by atoms with Crippen molar-refractivity contribution in [2.45, 2.75) is 13.0 Å². The largest absolute Gasteiger partial charge is 0.497 e. The monoisotopic (exact) mass is 479 g/mol. The summed E-state index contributed by atoms with van der Waals surface area (Å²) in [6.45, 7) is 1.55. The van der Waals surface area contributed by atoms with Crippen LogP contribution in [0, 0.1) is 0 Å². The maximum atomic E-state index is 13.4. The third-order valence-corrected chi connectivity index (χ3v) is 5.42. The van der Waals surface area contributed by atoms with E-state index in [0.717, 1.165) is 0 Å². The number of amides is 1. The third-order valence-electron chi connectivity index (χ3n) is 5.18. The first-order valence-electron chi connectivity index (χ1n) is 10.4. The second-order valence-electron chi connectivity index (χ2n) is 7.44. The smallest absolute Gasteiger partial charge is 0.265 e. The molecule has 0 aliphatic heterocycles. The number of nitrogens with one attached hydrogen (secondary N) is 1. The second-order valence-corrected chi connectivity index (χ2v) is 7.87. The van der Waals surface area contributed by atoms with Crippen molar-refractivity contribution in [1.82, 2.24) is 0 Å². The van der Waals surface area contributed by atoms with Gasteiger partial charge in [0.15, 0.2) is 11.9 Å². The number of rotatable bonds is 7. The van der Waals surface area contributed by atoms with Crippen molar-refractivity contribution >= 4 is 34.2 Å². The molecule has 4 rings (SSSR count). The lowest BCUT2D eigenvalue weighted by molar-refractivity contribution is -0.122. The van der Waals surface area contributed by atoms with Crippen LogP contribution < -0.4 is 25.0 Å². The van der Waals surface area contributed by atoms with Crippen molar-refractivity contribution < 1.29 is 23.4 Å². The molecule has 1 unspecified atom stereocenters. The molecule has 0 bridgehead atoms. The van der Waals surface area contributed by atoms with Crippen LogP contribution in [-0.2, 0) is 4.79 Å². The van der Waals surface area contributed by atoms with Crippen LogP contribution in [0.3, 0.4) is 0 Å². The summed E-state index contributed by atoms with van der Waals surface area (Å²) in [5.74, 6) is 0.993. The quantitative estimate of drug-likeness (QED) is 0.374. The maximum Gasteiger partial charge on any atom is 0.265 e. The van der Waals surface area contributed by atoms with Crippen LogP contribution in [0.15, 0.2) is 75.9 Å². The van der Waals surface area contributed by atoms with Gasteiger partial charge in [-0.15, -0.1) is 0 Å². The molecule has 1 amide bonds. The number of anilines is 1. The molecule has 0 radical (unpaired) electrons. The number of halogens is 1. The predicted octanol–water partition coefficient (Wildman–Crippen LogP) is 5.54. The summed E-state index contributed by atoms with van der Waals surface area (Å²) in [6.07, 6.45) is -1.00. The standard InChI is InChI=1S/C26H22ClNO6/c1-15(26(30)28-18-7-11-20(32-3)12-8-18)33-25-23(29)21-14-17(27)6-13-22(21)34-24(25)16-4-9-19(31-2)10-5-16/h4-15H,1-3H3,(H,28,30). The first-order valence-corrected chi connectivity index (χ1v) is 10.8. The Labute approximate surface area is 200 Å². The maximum absolute atomic E-state index is 13.4. The van der Waals surface area contributed by atoms with E-state index >= 15 is 0 Å². The zero-order chi connectivity index (χ0) is 24.2. The average molecular weight is 480 g/mol. The van der Waals surface area contributed by atoms with Crippen molar-refractivity contribution in [1.29, 1.82) is 0 Å². The van der Waals surface area contributed by atoms with E-state index in [1.807, 2.05) is 0 Å². The van der Waals surface area contributed by atoms with Crippen molar-refractivity contribution in [3.05, 3.63) is 82.0 Å². The molecule has 0 saturated heterocycles. The van der Waals surface area contributed by atoms with E-state index in [1.165, 1.54) is 6.07 Å². The van der Waals surface area contributed by atoms with Gasteiger partial charge < -0.3 is 23.9 Å². The predicted molar refractivity (Wildman–Crippen MR) is 131 cm³/mol. The van der Waals surface area contributed by atoms with Gasteiger partial charge in [0.1, 0.15) is 17.1 Å². The zero-order valence-electron chi connectivity index (χ0n) is 18.8. The molecule has 1 atom stereocenters. The Morgan fingerprint density at radius 2 is 1.56 bits per heavy atom. The fourth-order valence-electron chi connectivity index (χ4n) is 3.34. The number of methoxy groups -OCH3 is 2. The van der Waals surface area contributed by atoms with Crippen LogP contribution >= 0.6 is 11.6 Å². The molecule has 8 heteroatoms. The molecule has 7 nitrogen and oxygen atoms in total. The summed E-state index contributed by atoms with van der Waals surface area (Å²) in [5.41, 5.74) is 1.07. The summed E-state index contributed by atoms with van der Waals surface area (Å²) in [6, 6.07) is 18.6. The molecule has 0 fully saturated rings. The van der Waals surface area contributed by atoms with Crippen LogP contribution in [0.25, 0.3) is 22.3 Å². The van der Waals surface area contributed by atoms with Crippen molar-refractivity contribution in [3.8, 4) is 28.6 Å². The Morgan fingerprint density at radius 1 is 0.941 bits per heavy atom. The van der Waals surface area contributed by atoms with E-state index in [9.17, 15) is 9.59 Å². The van der Waals surface area contributed by atoms with Crippen LogP contribution in [-0.4, -0.2) is 26.2 Å². The van der Waals surface area contributed by atoms with E-state index in [4.69, 9.17) is 30.2 Å². The van der Waals surface area contributed by atoms with Gasteiger partial charge in [0.05, 0.1) is 19.6 Å². The summed E-state index contributed by atoms with van der Waals surface area (Å²) < 4.78 is 22.3. The van der Waals surface area contributed by atoms with Gasteiger partial charge >= 0.3 is 0 Å². The van der Waals surface area contributed by atoms with Gasteiger partial charge in [-0.1, -0.05) is 11.6 Å². The van der Waals surface area contributed by atoms with Crippen LogP contribution in [0.2, 0.25) is 5.02 Å². The molecule has 174 valence electrons. The Hall–Kier alpha value is -3.97. The Morgan fingerprint density at radius 3 is 2.18 bits per heavy atom. The number of fused-ring (bicyclic) bond motifs is 1. The molecule has 1 aromatic heterocycles. The molecular weight excluding hydrogens is 458 g/mol. The number of benzene rings is 3. The van der Waals surface area contributed by atoms with Gasteiger partial charge in [0, 0.05) is 16.3 Å². The van der Waals surface area contributed by atoms with Crippen LogP contribution in [0.1, 0.15) is 6.92 Å². The lowest BCUT2D eigenvalue weighted by Crippen LogP contribution is -2.31. The summed E-state index contributed by atoms with van der Waals surface area (Å²) >= 11 is 6.09. The van der Waals surface area contributed by atoms with Gasteiger partial charge in [-0.25, -0.2) is 0 Å². The normalized spacial score (nSPS) is 11.6. The number of hydrogen-bond donors (Lipinski definition) is 1. The summed E-state index contributed by atoms with van der Waals surface area (Å²) in [4.78, 5) is 26.2. The molecule has 4 aromatic rings. The average Bonchev–Trinajstić information content (AvgIpc) is 2.86. The van der Waals surface area contributed by atoms with Gasteiger partial charge in [0.2, 0.25) is 11.2 Å². The third kappa shape index (κ3) is 4.84. The van der Waals surface area contributed by atoms with E-state index in [-0.39, 0.29) is 16.9 Å². The molecule has 34 heavy (non-hydrogen) atoms. The highest BCUT2D eigenvalue weighted by Gasteiger charge is 2.23. The van der Waals surface area contributed by atoms with E-state index in [1.54, 1.807) is 81.8 Å². The van der Waals surface area contributed by atoms with Crippen molar-refractivity contribution in [2.75, 3.05) is 19.5 Å². The van der Waals surface area contributed by atoms with Gasteiger partial charge in [-0.3, -0.25) is 9.59 Å². The van der Waals surface area contributed by atoms with E-state index in [2.05, 4.69) is 5.32 Å². The van der Waals surface area contributed by atoms with Gasteiger partial charge in [0.25, 0.3) is 5.91 Å². The number of carbonyl (C=O) groups excluding carboxylic acids is 1. The molecule has 0 saturated carbocycles. The lowest BCUT2D eigenvalue weighted by atomic mass is 10.1. The Balaban J connectivity index is 1.70. The minimum atomic E-state index is -1.00. The minimum absolute atomic E-state index is 0.0858. The highest BCUT2D eigenvalue weighted by Crippen LogP contribution is 2.33. The first-order chi connectivity index (χ1) is 16.4. The Bertz CT molecular complexity index is 1380. The van der Waals surface area contributed by atoms with Gasteiger partial charge in [-0.2, -0.15) is 0 Å². The molecule has 1 N–H and O–H groups in total. The molecular formula is C26H22ClNO6. The van der Waals surface area contributed by atoms with E-state index < -0.39 is 17.4 Å². The SMILES string of the molecule is COc1ccc(NC(=O)C(C)Oc2c(-c3ccc(OC)cc3)oc3ccc(Cl)cc3c2=O)cc1. The number of carbonyl (C=O) groups is 1. The second kappa shape index (κ2) is 9.89.